The number of nitrogens with zero attached hydrogens (tertiary/aromatic N) is 2. The first-order valence-corrected chi connectivity index (χ1v) is 7.30. The number of carbonyl (C=O) groups excluding carboxylic acids is 1. The number of nitro benzene ring substituents is 1. The van der Waals surface area contributed by atoms with Crippen molar-refractivity contribution in [2.24, 2.45) is 5.41 Å². The number of nitrogens with one attached hydrogen (secondary N) is 1. The van der Waals surface area contributed by atoms with E-state index in [1.807, 2.05) is 0 Å². The van der Waals surface area contributed by atoms with Crippen molar-refractivity contribution in [2.75, 3.05) is 25.0 Å². The molecule has 1 spiro atoms. The molecule has 0 unspecified atom stereocenters. The summed E-state index contributed by atoms with van der Waals surface area (Å²) in [7, 11) is 1.52. The van der Waals surface area contributed by atoms with Crippen molar-refractivity contribution < 1.29 is 9.72 Å². The molecule has 1 aromatic carbocycles. The Kier molecular flexibility index (Phi) is 3.31. The molecule has 1 aliphatic heterocycles. The van der Waals surface area contributed by atoms with Crippen LogP contribution in [-0.2, 0) is 0 Å². The first kappa shape index (κ1) is 13.9. The Morgan fingerprint density at radius 3 is 2.76 bits per heavy atom. The van der Waals surface area contributed by atoms with Gasteiger partial charge in [-0.2, -0.15) is 0 Å². The van der Waals surface area contributed by atoms with Crippen LogP contribution in [0.25, 0.3) is 0 Å². The zero-order chi connectivity index (χ0) is 15.0. The second-order valence-electron chi connectivity index (χ2n) is 6.06. The summed E-state index contributed by atoms with van der Waals surface area (Å²) in [6.45, 7) is 1.75. The molecular formula is C15H19N3O3. The van der Waals surface area contributed by atoms with Gasteiger partial charge < -0.3 is 10.2 Å². The summed E-state index contributed by atoms with van der Waals surface area (Å²) in [5, 5.41) is 13.8. The molecule has 0 radical (unpaired) electrons. The summed E-state index contributed by atoms with van der Waals surface area (Å²) in [4.78, 5) is 24.7. The van der Waals surface area contributed by atoms with E-state index in [9.17, 15) is 14.9 Å². The Balaban J connectivity index is 1.93. The minimum atomic E-state index is -0.393. The van der Waals surface area contributed by atoms with Crippen molar-refractivity contribution in [3.63, 3.8) is 0 Å². The van der Waals surface area contributed by atoms with E-state index < -0.39 is 4.92 Å². The molecule has 0 bridgehead atoms. The van der Waals surface area contributed by atoms with Gasteiger partial charge in [0.05, 0.1) is 4.92 Å². The fourth-order valence-corrected chi connectivity index (χ4v) is 3.22. The maximum absolute atomic E-state index is 11.6. The number of benzene rings is 1. The van der Waals surface area contributed by atoms with Crippen molar-refractivity contribution >= 4 is 17.3 Å². The molecule has 0 aromatic heterocycles. The fraction of sp³-hybridized carbons (Fsp3) is 0.533. The highest BCUT2D eigenvalue weighted by molar-refractivity contribution is 5.95. The van der Waals surface area contributed by atoms with Gasteiger partial charge in [-0.15, -0.1) is 0 Å². The van der Waals surface area contributed by atoms with Gasteiger partial charge in [0.15, 0.2) is 0 Å². The molecule has 2 aliphatic rings. The lowest BCUT2D eigenvalue weighted by Gasteiger charge is -2.34. The summed E-state index contributed by atoms with van der Waals surface area (Å²) in [6.07, 6.45) is 4.77. The van der Waals surface area contributed by atoms with E-state index in [1.54, 1.807) is 12.1 Å². The zero-order valence-corrected chi connectivity index (χ0v) is 12.1. The van der Waals surface area contributed by atoms with Crippen LogP contribution in [0, 0.1) is 15.5 Å². The van der Waals surface area contributed by atoms with Crippen molar-refractivity contribution in [2.45, 2.75) is 25.7 Å². The van der Waals surface area contributed by atoms with E-state index in [1.165, 1.54) is 32.4 Å². The van der Waals surface area contributed by atoms with E-state index in [0.717, 1.165) is 19.5 Å². The number of hydrogen-bond acceptors (Lipinski definition) is 4. The summed E-state index contributed by atoms with van der Waals surface area (Å²) in [6, 6.07) is 4.75. The smallest absolute Gasteiger partial charge is 0.293 e. The van der Waals surface area contributed by atoms with Crippen molar-refractivity contribution in [1.82, 2.24) is 5.32 Å². The highest BCUT2D eigenvalue weighted by atomic mass is 16.6. The van der Waals surface area contributed by atoms with Crippen LogP contribution in [-0.4, -0.2) is 31.0 Å². The molecule has 1 heterocycles. The van der Waals surface area contributed by atoms with E-state index in [0.29, 0.717) is 16.7 Å². The monoisotopic (exact) mass is 289 g/mol. The van der Waals surface area contributed by atoms with E-state index >= 15 is 0 Å². The minimum absolute atomic E-state index is 0.0220. The van der Waals surface area contributed by atoms with Crippen LogP contribution >= 0.6 is 0 Å². The van der Waals surface area contributed by atoms with Gasteiger partial charge in [0.1, 0.15) is 5.69 Å². The molecule has 1 amide bonds. The largest absolute Gasteiger partial charge is 0.365 e. The maximum atomic E-state index is 11.6. The number of amides is 1. The predicted molar refractivity (Wildman–Crippen MR) is 79.6 cm³/mol. The molecule has 1 aromatic rings. The number of rotatable bonds is 3. The van der Waals surface area contributed by atoms with Crippen LogP contribution in [0.2, 0.25) is 0 Å². The van der Waals surface area contributed by atoms with E-state index in [4.69, 9.17) is 0 Å². The molecule has 112 valence electrons. The van der Waals surface area contributed by atoms with Gasteiger partial charge in [0, 0.05) is 31.8 Å². The molecule has 3 rings (SSSR count). The predicted octanol–water partition coefficient (Wildman–Crippen LogP) is 2.33. The SMILES string of the molecule is CNC(=O)c1ccc(N2CCCC3(CC3)C2)c([N+](=O)[O-])c1. The minimum Gasteiger partial charge on any atom is -0.365 e. The van der Waals surface area contributed by atoms with Gasteiger partial charge in [0.25, 0.3) is 11.6 Å². The molecule has 1 aliphatic carbocycles. The number of anilines is 1. The number of nitro groups is 1. The van der Waals surface area contributed by atoms with E-state index in [-0.39, 0.29) is 11.6 Å². The number of piperidine rings is 1. The quantitative estimate of drug-likeness (QED) is 0.684. The topological polar surface area (TPSA) is 75.5 Å². The number of carbonyl (C=O) groups is 1. The molecular weight excluding hydrogens is 270 g/mol. The Morgan fingerprint density at radius 1 is 1.38 bits per heavy atom. The Hall–Kier alpha value is -2.11. The lowest BCUT2D eigenvalue weighted by molar-refractivity contribution is -0.384. The van der Waals surface area contributed by atoms with Crippen molar-refractivity contribution in [1.29, 1.82) is 0 Å². The Labute approximate surface area is 123 Å². The van der Waals surface area contributed by atoms with Crippen molar-refractivity contribution in [3.05, 3.63) is 33.9 Å². The maximum Gasteiger partial charge on any atom is 0.293 e. The standard InChI is InChI=1S/C15H19N3O3/c1-16-14(19)11-3-4-12(13(9-11)18(20)21)17-8-2-5-15(10-17)6-7-15/h3-4,9H,2,5-8,10H2,1H3,(H,16,19). The highest BCUT2D eigenvalue weighted by Crippen LogP contribution is 2.53. The lowest BCUT2D eigenvalue weighted by Crippen LogP contribution is -2.36. The van der Waals surface area contributed by atoms with Crippen molar-refractivity contribution in [3.8, 4) is 0 Å². The average molecular weight is 289 g/mol. The van der Waals surface area contributed by atoms with Gasteiger partial charge in [-0.05, 0) is 43.2 Å². The van der Waals surface area contributed by atoms with Gasteiger partial charge in [-0.1, -0.05) is 0 Å². The summed E-state index contributed by atoms with van der Waals surface area (Å²) >= 11 is 0. The second kappa shape index (κ2) is 5.02. The van der Waals surface area contributed by atoms with Crippen LogP contribution in [0.15, 0.2) is 18.2 Å². The van der Waals surface area contributed by atoms with E-state index in [2.05, 4.69) is 10.2 Å². The third-order valence-electron chi connectivity index (χ3n) is 4.62. The highest BCUT2D eigenvalue weighted by Gasteiger charge is 2.46. The van der Waals surface area contributed by atoms with Gasteiger partial charge in [-0.25, -0.2) is 0 Å². The van der Waals surface area contributed by atoms with Crippen LogP contribution in [0.4, 0.5) is 11.4 Å². The van der Waals surface area contributed by atoms with Gasteiger partial charge in [0.2, 0.25) is 0 Å². The third kappa shape index (κ3) is 2.57. The molecule has 6 heteroatoms. The molecule has 2 fully saturated rings. The summed E-state index contributed by atoms with van der Waals surface area (Å²) < 4.78 is 0. The van der Waals surface area contributed by atoms with Crippen LogP contribution in [0.1, 0.15) is 36.0 Å². The summed E-state index contributed by atoms with van der Waals surface area (Å²) in [5.74, 6) is -0.304. The zero-order valence-electron chi connectivity index (χ0n) is 12.1. The Bertz CT molecular complexity index is 596. The normalized spacial score (nSPS) is 19.4. The van der Waals surface area contributed by atoms with Crippen LogP contribution < -0.4 is 10.2 Å². The Morgan fingerprint density at radius 2 is 2.14 bits per heavy atom. The molecule has 6 nitrogen and oxygen atoms in total. The van der Waals surface area contributed by atoms with Crippen LogP contribution in [0.3, 0.4) is 0 Å². The third-order valence-corrected chi connectivity index (χ3v) is 4.62. The molecule has 21 heavy (non-hydrogen) atoms. The molecule has 0 atom stereocenters. The first-order valence-electron chi connectivity index (χ1n) is 7.30. The summed E-state index contributed by atoms with van der Waals surface area (Å²) in [5.41, 5.74) is 1.38. The van der Waals surface area contributed by atoms with Gasteiger partial charge in [-0.3, -0.25) is 14.9 Å². The molecule has 1 N–H and O–H groups in total. The second-order valence-corrected chi connectivity index (χ2v) is 6.06. The average Bonchev–Trinajstić information content (AvgIpc) is 3.24. The fourth-order valence-electron chi connectivity index (χ4n) is 3.22. The first-order chi connectivity index (χ1) is 10.0. The van der Waals surface area contributed by atoms with Crippen LogP contribution in [0.5, 0.6) is 0 Å². The molecule has 1 saturated carbocycles. The molecule has 1 saturated heterocycles. The van der Waals surface area contributed by atoms with Gasteiger partial charge >= 0.3 is 0 Å². The lowest BCUT2D eigenvalue weighted by atomic mass is 9.94. The number of hydrogen-bond donors (Lipinski definition) is 1.